The van der Waals surface area contributed by atoms with Crippen LogP contribution in [-0.4, -0.2) is 234 Å². The molecule has 78 heavy (non-hydrogen) atoms. The maximum absolute atomic E-state index is 13.3. The van der Waals surface area contributed by atoms with Crippen LogP contribution in [0.1, 0.15) is 107 Å². The summed E-state index contributed by atoms with van der Waals surface area (Å²) in [4.78, 5) is 26.0. The van der Waals surface area contributed by atoms with E-state index >= 15 is 0 Å². The summed E-state index contributed by atoms with van der Waals surface area (Å²) in [5.74, 6) is -2.00. The van der Waals surface area contributed by atoms with Crippen LogP contribution in [0.15, 0.2) is 11.6 Å². The minimum atomic E-state index is -1.91. The molecule has 9 aliphatic rings. The van der Waals surface area contributed by atoms with Crippen molar-refractivity contribution in [3.8, 4) is 0 Å². The highest BCUT2D eigenvalue weighted by molar-refractivity contribution is 5.78. The van der Waals surface area contributed by atoms with Crippen LogP contribution in [0.25, 0.3) is 0 Å². The average molecular weight is 1120 g/mol. The molecule has 0 radical (unpaired) electrons. The molecule has 0 aromatic heterocycles. The van der Waals surface area contributed by atoms with Gasteiger partial charge in [-0.25, -0.2) is 0 Å². The van der Waals surface area contributed by atoms with E-state index in [9.17, 15) is 76.0 Å². The zero-order chi connectivity index (χ0) is 57.1. The van der Waals surface area contributed by atoms with E-state index in [4.69, 9.17) is 37.9 Å². The number of amides is 1. The van der Waals surface area contributed by atoms with Crippen LogP contribution in [0, 0.1) is 50.2 Å². The van der Waals surface area contributed by atoms with Gasteiger partial charge in [-0.1, -0.05) is 60.1 Å². The second-order valence-corrected chi connectivity index (χ2v) is 26.3. The summed E-state index contributed by atoms with van der Waals surface area (Å²) in [7, 11) is 0. The molecule has 28 unspecified atom stereocenters. The molecule has 0 aromatic rings. The molecule has 0 spiro atoms. The van der Waals surface area contributed by atoms with E-state index in [0.29, 0.717) is 44.9 Å². The van der Waals surface area contributed by atoms with Gasteiger partial charge < -0.3 is 110 Å². The summed E-state index contributed by atoms with van der Waals surface area (Å²) in [5.41, 5.74) is -3.07. The predicted octanol–water partition coefficient (Wildman–Crippen LogP) is -2.11. The summed E-state index contributed by atoms with van der Waals surface area (Å²) in [6, 6.07) is -1.26. The molecular weight excluding hydrogens is 1030 g/mol. The standard InChI is InChI=1S/C54H87NO23/c1-22(57)55-32-36(63)35(62)28(21-73-47-41(33(60)25(58)19-72-47)78-45-39(66)40(26(59)20-71-45)77-46-38(65)37(64)34(61)27(18-56)74-46)75-44(32)76-31-12-13-51(6)29(50(31,4)5)11-14-52(7)30(51)10-9-23-24-17-49(2,3)15-16-54(24,48(69)70)43(68)42(67)53(23,52)8/h9,24-47,56,58-68H,10-21H2,1-8H3,(H,55,57)(H,69,70). The fourth-order valence-corrected chi connectivity index (χ4v) is 16.5. The molecule has 24 nitrogen and oxygen atoms in total. The first kappa shape index (κ1) is 60.5. The van der Waals surface area contributed by atoms with Gasteiger partial charge in [0, 0.05) is 12.3 Å². The van der Waals surface area contributed by atoms with Crippen molar-refractivity contribution in [3.05, 3.63) is 11.6 Å². The monoisotopic (exact) mass is 1120 g/mol. The van der Waals surface area contributed by atoms with Gasteiger partial charge in [0.05, 0.1) is 44.7 Å². The Morgan fingerprint density at radius 1 is 0.654 bits per heavy atom. The quantitative estimate of drug-likeness (QED) is 0.0735. The fraction of sp³-hybridized carbons (Fsp3) is 0.926. The molecule has 24 heteroatoms. The van der Waals surface area contributed by atoms with Crippen molar-refractivity contribution >= 4 is 11.9 Å². The number of carboxylic acids is 1. The number of nitrogens with one attached hydrogen (secondary N) is 1. The Morgan fingerprint density at radius 2 is 1.29 bits per heavy atom. The van der Waals surface area contributed by atoms with E-state index in [1.54, 1.807) is 0 Å². The highest BCUT2D eigenvalue weighted by atomic mass is 16.8. The number of aliphatic carboxylic acids is 1. The molecule has 9 rings (SSSR count). The van der Waals surface area contributed by atoms with Crippen LogP contribution < -0.4 is 5.32 Å². The highest BCUT2D eigenvalue weighted by Gasteiger charge is 2.74. The van der Waals surface area contributed by atoms with Crippen LogP contribution in [0.2, 0.25) is 0 Å². The Kier molecular flexibility index (Phi) is 16.9. The minimum Gasteiger partial charge on any atom is -0.481 e. The lowest BCUT2D eigenvalue weighted by atomic mass is 9.32. The highest BCUT2D eigenvalue weighted by Crippen LogP contribution is 2.76. The number of aliphatic hydroxyl groups is 12. The van der Waals surface area contributed by atoms with Gasteiger partial charge in [0.1, 0.15) is 90.8 Å². The zero-order valence-corrected chi connectivity index (χ0v) is 45.8. The molecule has 4 aliphatic heterocycles. The minimum absolute atomic E-state index is 0.0188. The number of hydrogen-bond acceptors (Lipinski definition) is 22. The van der Waals surface area contributed by atoms with Crippen LogP contribution in [0.5, 0.6) is 0 Å². The van der Waals surface area contributed by atoms with Crippen LogP contribution in [-0.2, 0) is 47.5 Å². The molecule has 4 saturated heterocycles. The van der Waals surface area contributed by atoms with Crippen molar-refractivity contribution in [2.24, 2.45) is 50.2 Å². The summed E-state index contributed by atoms with van der Waals surface area (Å²) in [5, 5.41) is 146. The first-order valence-electron chi connectivity index (χ1n) is 27.8. The molecule has 0 aromatic carbocycles. The Morgan fingerprint density at radius 3 is 1.96 bits per heavy atom. The van der Waals surface area contributed by atoms with Gasteiger partial charge in [-0.3, -0.25) is 9.59 Å². The van der Waals surface area contributed by atoms with Crippen molar-refractivity contribution in [3.63, 3.8) is 0 Å². The fourth-order valence-electron chi connectivity index (χ4n) is 16.5. The molecule has 14 N–H and O–H groups in total. The van der Waals surface area contributed by atoms with Crippen molar-refractivity contribution in [1.82, 2.24) is 5.32 Å². The molecule has 446 valence electrons. The van der Waals surface area contributed by atoms with Gasteiger partial charge in [0.15, 0.2) is 25.2 Å². The van der Waals surface area contributed by atoms with Gasteiger partial charge in [0.2, 0.25) is 5.91 Å². The molecule has 1 amide bonds. The smallest absolute Gasteiger partial charge is 0.313 e. The number of allylic oxidation sites excluding steroid dienone is 1. The lowest BCUT2D eigenvalue weighted by Crippen LogP contribution is -2.72. The number of fused-ring (bicyclic) bond motifs is 7. The number of aliphatic hydroxyl groups excluding tert-OH is 12. The van der Waals surface area contributed by atoms with E-state index in [1.165, 1.54) is 6.92 Å². The molecule has 8 fully saturated rings. The lowest BCUT2D eigenvalue weighted by molar-refractivity contribution is -0.371. The maximum Gasteiger partial charge on any atom is 0.313 e. The summed E-state index contributed by atoms with van der Waals surface area (Å²) in [6.07, 6.45) is -24.4. The van der Waals surface area contributed by atoms with Crippen molar-refractivity contribution in [2.45, 2.75) is 236 Å². The first-order chi connectivity index (χ1) is 36.4. The molecular formula is C54H87NO23. The molecule has 4 heterocycles. The van der Waals surface area contributed by atoms with E-state index in [-0.39, 0.29) is 29.1 Å². The second-order valence-electron chi connectivity index (χ2n) is 26.3. The topological polar surface area (TPSA) is 383 Å². The third kappa shape index (κ3) is 9.72. The maximum atomic E-state index is 13.3. The average Bonchev–Trinajstić information content (AvgIpc) is 1.99. The number of carbonyl (C=O) groups excluding carboxylic acids is 1. The van der Waals surface area contributed by atoms with Crippen LogP contribution in [0.4, 0.5) is 0 Å². The van der Waals surface area contributed by atoms with Crippen LogP contribution in [0.3, 0.4) is 0 Å². The SMILES string of the molecule is CC(=O)NC1C(OC2CCC3(C)C(CCC4(C)C3CC=C3C5CC(C)(C)CCC5(C(=O)O)C(O)C(O)C34C)C2(C)C)OC(COC2OCC(O)C(O)C2OC2OCC(O)C(OC3OC(CO)C(O)C(O)C3O)C2O)C(O)C1O. The van der Waals surface area contributed by atoms with Crippen molar-refractivity contribution in [2.75, 3.05) is 26.4 Å². The normalized spacial score (nSPS) is 52.8. The van der Waals surface area contributed by atoms with Gasteiger partial charge >= 0.3 is 5.97 Å². The van der Waals surface area contributed by atoms with E-state index < -0.39 is 195 Å². The Bertz CT molecular complexity index is 2200. The van der Waals surface area contributed by atoms with E-state index in [2.05, 4.69) is 52.9 Å². The lowest BCUT2D eigenvalue weighted by Gasteiger charge is -2.72. The third-order valence-corrected chi connectivity index (χ3v) is 21.2. The largest absolute Gasteiger partial charge is 0.481 e. The Hall–Kier alpha value is -2.12. The summed E-state index contributed by atoms with van der Waals surface area (Å²) < 4.78 is 47.7. The zero-order valence-electron chi connectivity index (χ0n) is 45.8. The van der Waals surface area contributed by atoms with E-state index in [0.717, 1.165) is 5.57 Å². The number of ether oxygens (including phenoxy) is 8. The van der Waals surface area contributed by atoms with Gasteiger partial charge in [-0.2, -0.15) is 0 Å². The number of carbonyl (C=O) groups is 2. The van der Waals surface area contributed by atoms with Crippen LogP contribution >= 0.6 is 0 Å². The van der Waals surface area contributed by atoms with E-state index in [1.807, 2.05) is 6.92 Å². The first-order valence-corrected chi connectivity index (χ1v) is 27.8. The Balaban J connectivity index is 0.903. The summed E-state index contributed by atoms with van der Waals surface area (Å²) in [6.45, 7) is 14.0. The van der Waals surface area contributed by atoms with Crippen molar-refractivity contribution < 1.29 is 114 Å². The number of hydrogen-bond donors (Lipinski definition) is 14. The molecule has 5 aliphatic carbocycles. The van der Waals surface area contributed by atoms with Gasteiger partial charge in [-0.05, 0) is 90.8 Å². The third-order valence-electron chi connectivity index (χ3n) is 21.2. The molecule has 0 bridgehead atoms. The molecule has 4 saturated carbocycles. The Labute approximate surface area is 453 Å². The molecule has 28 atom stereocenters. The van der Waals surface area contributed by atoms with Crippen molar-refractivity contribution in [1.29, 1.82) is 0 Å². The van der Waals surface area contributed by atoms with Gasteiger partial charge in [0.25, 0.3) is 0 Å². The number of rotatable bonds is 12. The van der Waals surface area contributed by atoms with Gasteiger partial charge in [-0.15, -0.1) is 0 Å². The second kappa shape index (κ2) is 21.8. The number of carboxylic acid groups (broad SMARTS) is 1. The summed E-state index contributed by atoms with van der Waals surface area (Å²) >= 11 is 0. The predicted molar refractivity (Wildman–Crippen MR) is 266 cm³/mol.